The van der Waals surface area contributed by atoms with Crippen molar-refractivity contribution >= 4 is 21.5 Å². The zero-order valence-corrected chi connectivity index (χ0v) is 14.8. The number of ketones is 1. The second kappa shape index (κ2) is 7.09. The van der Waals surface area contributed by atoms with Crippen molar-refractivity contribution in [3.63, 3.8) is 0 Å². The van der Waals surface area contributed by atoms with Gasteiger partial charge in [-0.1, -0.05) is 42.5 Å². The van der Waals surface area contributed by atoms with Crippen molar-refractivity contribution in [2.75, 3.05) is 4.72 Å². The molecule has 132 valence electrons. The topological polar surface area (TPSA) is 63.2 Å². The van der Waals surface area contributed by atoms with E-state index in [0.717, 1.165) is 12.1 Å². The standard InChI is InChI=1S/C20H16FNO3S/c1-14-13-16(21)11-12-19(14)26(24,25)22-18-10-6-5-9-17(18)20(23)15-7-3-2-4-8-15/h2-13,22H,1H3. The van der Waals surface area contributed by atoms with Gasteiger partial charge >= 0.3 is 0 Å². The van der Waals surface area contributed by atoms with E-state index in [1.165, 1.54) is 19.1 Å². The van der Waals surface area contributed by atoms with E-state index >= 15 is 0 Å². The Morgan fingerprint density at radius 3 is 2.27 bits per heavy atom. The molecule has 0 radical (unpaired) electrons. The summed E-state index contributed by atoms with van der Waals surface area (Å²) in [6.45, 7) is 1.51. The first kappa shape index (κ1) is 17.8. The van der Waals surface area contributed by atoms with E-state index in [-0.39, 0.29) is 27.5 Å². The van der Waals surface area contributed by atoms with Crippen LogP contribution in [0.1, 0.15) is 21.5 Å². The van der Waals surface area contributed by atoms with Gasteiger partial charge in [-0.05, 0) is 42.8 Å². The normalized spacial score (nSPS) is 11.2. The Hall–Kier alpha value is -2.99. The average Bonchev–Trinajstić information content (AvgIpc) is 2.61. The largest absolute Gasteiger partial charge is 0.289 e. The molecule has 0 fully saturated rings. The molecule has 3 aromatic carbocycles. The van der Waals surface area contributed by atoms with Gasteiger partial charge in [0.15, 0.2) is 5.78 Å². The van der Waals surface area contributed by atoms with Crippen molar-refractivity contribution in [3.8, 4) is 0 Å². The highest BCUT2D eigenvalue weighted by Crippen LogP contribution is 2.24. The minimum Gasteiger partial charge on any atom is -0.289 e. The van der Waals surface area contributed by atoms with Gasteiger partial charge < -0.3 is 0 Å². The maximum Gasteiger partial charge on any atom is 0.262 e. The highest BCUT2D eigenvalue weighted by molar-refractivity contribution is 7.92. The van der Waals surface area contributed by atoms with Crippen molar-refractivity contribution in [1.82, 2.24) is 0 Å². The Bertz CT molecular complexity index is 1060. The van der Waals surface area contributed by atoms with E-state index in [1.54, 1.807) is 48.5 Å². The first-order valence-corrected chi connectivity index (χ1v) is 9.34. The van der Waals surface area contributed by atoms with Gasteiger partial charge in [0, 0.05) is 11.1 Å². The average molecular weight is 369 g/mol. The Morgan fingerprint density at radius 1 is 0.923 bits per heavy atom. The summed E-state index contributed by atoms with van der Waals surface area (Å²) in [5.74, 6) is -0.805. The molecule has 0 spiro atoms. The lowest BCUT2D eigenvalue weighted by molar-refractivity contribution is 0.103. The molecule has 4 nitrogen and oxygen atoms in total. The van der Waals surface area contributed by atoms with Crippen LogP contribution < -0.4 is 4.72 Å². The lowest BCUT2D eigenvalue weighted by atomic mass is 10.0. The zero-order valence-electron chi connectivity index (χ0n) is 13.9. The third-order valence-corrected chi connectivity index (χ3v) is 5.40. The number of carbonyl (C=O) groups excluding carboxylic acids is 1. The number of hydrogen-bond acceptors (Lipinski definition) is 3. The van der Waals surface area contributed by atoms with Gasteiger partial charge in [0.05, 0.1) is 10.6 Å². The Kier molecular flexibility index (Phi) is 4.86. The van der Waals surface area contributed by atoms with Gasteiger partial charge in [0.2, 0.25) is 0 Å². The van der Waals surface area contributed by atoms with Crippen molar-refractivity contribution < 1.29 is 17.6 Å². The molecule has 6 heteroatoms. The molecular formula is C20H16FNO3S. The van der Waals surface area contributed by atoms with E-state index in [0.29, 0.717) is 5.56 Å². The van der Waals surface area contributed by atoms with Crippen LogP contribution in [-0.4, -0.2) is 14.2 Å². The molecular weight excluding hydrogens is 353 g/mol. The van der Waals surface area contributed by atoms with Crippen LogP contribution in [0.4, 0.5) is 10.1 Å². The molecule has 0 saturated heterocycles. The Morgan fingerprint density at radius 2 is 1.58 bits per heavy atom. The summed E-state index contributed by atoms with van der Waals surface area (Å²) >= 11 is 0. The summed E-state index contributed by atoms with van der Waals surface area (Å²) in [7, 11) is -3.97. The molecule has 0 saturated carbocycles. The van der Waals surface area contributed by atoms with Gasteiger partial charge in [-0.2, -0.15) is 0 Å². The van der Waals surface area contributed by atoms with Crippen LogP contribution in [0.25, 0.3) is 0 Å². The molecule has 0 atom stereocenters. The van der Waals surface area contributed by atoms with Crippen LogP contribution in [0.2, 0.25) is 0 Å². The van der Waals surface area contributed by atoms with E-state index in [2.05, 4.69) is 4.72 Å². The van der Waals surface area contributed by atoms with Crippen molar-refractivity contribution in [3.05, 3.63) is 95.3 Å². The number of aryl methyl sites for hydroxylation is 1. The number of para-hydroxylation sites is 1. The lowest BCUT2D eigenvalue weighted by Gasteiger charge is -2.13. The number of sulfonamides is 1. The second-order valence-corrected chi connectivity index (χ2v) is 7.41. The molecule has 0 aliphatic rings. The summed E-state index contributed by atoms with van der Waals surface area (Å²) in [4.78, 5) is 12.7. The number of rotatable bonds is 5. The van der Waals surface area contributed by atoms with Gasteiger partial charge in [-0.25, -0.2) is 12.8 Å². The smallest absolute Gasteiger partial charge is 0.262 e. The van der Waals surface area contributed by atoms with Crippen molar-refractivity contribution in [1.29, 1.82) is 0 Å². The fourth-order valence-electron chi connectivity index (χ4n) is 2.63. The van der Waals surface area contributed by atoms with E-state index in [9.17, 15) is 17.6 Å². The highest BCUT2D eigenvalue weighted by atomic mass is 32.2. The third kappa shape index (κ3) is 3.65. The third-order valence-electron chi connectivity index (χ3n) is 3.88. The molecule has 0 aromatic heterocycles. The fourth-order valence-corrected chi connectivity index (χ4v) is 3.94. The molecule has 0 unspecified atom stereocenters. The van der Waals surface area contributed by atoms with Crippen molar-refractivity contribution in [2.24, 2.45) is 0 Å². The van der Waals surface area contributed by atoms with Crippen LogP contribution >= 0.6 is 0 Å². The van der Waals surface area contributed by atoms with Crippen molar-refractivity contribution in [2.45, 2.75) is 11.8 Å². The number of nitrogens with one attached hydrogen (secondary N) is 1. The SMILES string of the molecule is Cc1cc(F)ccc1S(=O)(=O)Nc1ccccc1C(=O)c1ccccc1. The molecule has 0 heterocycles. The zero-order chi connectivity index (χ0) is 18.7. The summed E-state index contributed by atoms with van der Waals surface area (Å²) < 4.78 is 41.1. The summed E-state index contributed by atoms with van der Waals surface area (Å²) in [5.41, 5.74) is 1.15. The molecule has 0 aliphatic carbocycles. The molecule has 3 rings (SSSR count). The number of hydrogen-bond donors (Lipinski definition) is 1. The predicted octanol–water partition coefficient (Wildman–Crippen LogP) is 4.17. The van der Waals surface area contributed by atoms with Gasteiger partial charge in [-0.3, -0.25) is 9.52 Å². The minimum absolute atomic E-state index is 0.0409. The summed E-state index contributed by atoms with van der Waals surface area (Å²) in [5, 5.41) is 0. The molecule has 26 heavy (non-hydrogen) atoms. The highest BCUT2D eigenvalue weighted by Gasteiger charge is 2.21. The van der Waals surface area contributed by atoms with Gasteiger partial charge in [-0.15, -0.1) is 0 Å². The Balaban J connectivity index is 2.00. The molecule has 1 N–H and O–H groups in total. The van der Waals surface area contributed by atoms with Crippen LogP contribution in [0.15, 0.2) is 77.7 Å². The number of benzene rings is 3. The van der Waals surface area contributed by atoms with Gasteiger partial charge in [0.25, 0.3) is 10.0 Å². The molecule has 3 aromatic rings. The van der Waals surface area contributed by atoms with E-state index in [4.69, 9.17) is 0 Å². The van der Waals surface area contributed by atoms with Crippen LogP contribution in [0.3, 0.4) is 0 Å². The first-order valence-electron chi connectivity index (χ1n) is 7.86. The number of halogens is 1. The van der Waals surface area contributed by atoms with E-state index < -0.39 is 15.8 Å². The molecule has 0 aliphatic heterocycles. The summed E-state index contributed by atoms with van der Waals surface area (Å²) in [6.07, 6.45) is 0. The second-order valence-electron chi connectivity index (χ2n) is 5.76. The predicted molar refractivity (Wildman–Crippen MR) is 98.3 cm³/mol. The summed E-state index contributed by atoms with van der Waals surface area (Å²) in [6, 6.07) is 18.4. The fraction of sp³-hybridized carbons (Fsp3) is 0.0500. The number of anilines is 1. The van der Waals surface area contributed by atoms with Crippen LogP contribution in [0, 0.1) is 12.7 Å². The quantitative estimate of drug-likeness (QED) is 0.687. The molecule has 0 amide bonds. The minimum atomic E-state index is -3.97. The maximum absolute atomic E-state index is 13.3. The van der Waals surface area contributed by atoms with E-state index in [1.807, 2.05) is 0 Å². The number of carbonyl (C=O) groups is 1. The van der Waals surface area contributed by atoms with Crippen LogP contribution in [-0.2, 0) is 10.0 Å². The molecule has 0 bridgehead atoms. The maximum atomic E-state index is 13.3. The van der Waals surface area contributed by atoms with Crippen LogP contribution in [0.5, 0.6) is 0 Å². The monoisotopic (exact) mass is 369 g/mol. The van der Waals surface area contributed by atoms with Gasteiger partial charge in [0.1, 0.15) is 5.82 Å². The lowest BCUT2D eigenvalue weighted by Crippen LogP contribution is -2.17. The first-order chi connectivity index (χ1) is 12.4. The Labute approximate surface area is 151 Å².